The quantitative estimate of drug-likeness (QED) is 0.777. The average Bonchev–Trinajstić information content (AvgIpc) is 2.20. The zero-order chi connectivity index (χ0) is 12.0. The van der Waals surface area contributed by atoms with E-state index in [1.54, 1.807) is 11.8 Å². The summed E-state index contributed by atoms with van der Waals surface area (Å²) in [5.41, 5.74) is 1.21. The first-order valence-electron chi connectivity index (χ1n) is 5.09. The molecule has 0 fully saturated rings. The van der Waals surface area contributed by atoms with Crippen molar-refractivity contribution in [1.82, 2.24) is 0 Å². The molecule has 1 aromatic carbocycles. The Morgan fingerprint density at radius 3 is 2.56 bits per heavy atom. The van der Waals surface area contributed by atoms with Crippen LogP contribution in [0.3, 0.4) is 0 Å². The highest BCUT2D eigenvalue weighted by atomic mass is 79.9. The largest absolute Gasteiger partial charge is 0.462 e. The van der Waals surface area contributed by atoms with Crippen molar-refractivity contribution >= 4 is 33.7 Å². The summed E-state index contributed by atoms with van der Waals surface area (Å²) in [6.07, 6.45) is -0.0271. The lowest BCUT2D eigenvalue weighted by Crippen LogP contribution is -2.13. The fraction of sp³-hybridized carbons (Fsp3) is 0.417. The van der Waals surface area contributed by atoms with E-state index in [9.17, 15) is 4.79 Å². The van der Waals surface area contributed by atoms with E-state index in [-0.39, 0.29) is 12.1 Å². The van der Waals surface area contributed by atoms with Gasteiger partial charge in [-0.1, -0.05) is 28.1 Å². The molecule has 2 nitrogen and oxygen atoms in total. The van der Waals surface area contributed by atoms with Crippen LogP contribution in [0.25, 0.3) is 0 Å². The Morgan fingerprint density at radius 2 is 2.00 bits per heavy atom. The summed E-state index contributed by atoms with van der Waals surface area (Å²) >= 11 is 4.96. The van der Waals surface area contributed by atoms with Crippen molar-refractivity contribution in [3.8, 4) is 0 Å². The molecule has 0 radical (unpaired) electrons. The molecule has 0 aliphatic carbocycles. The molecule has 88 valence electrons. The summed E-state index contributed by atoms with van der Waals surface area (Å²) in [7, 11) is 0. The number of hydrogen-bond acceptors (Lipinski definition) is 3. The smallest absolute Gasteiger partial charge is 0.316 e. The molecule has 0 bridgehead atoms. The fourth-order valence-corrected chi connectivity index (χ4v) is 2.16. The zero-order valence-electron chi connectivity index (χ0n) is 9.40. The van der Waals surface area contributed by atoms with Crippen LogP contribution in [0.5, 0.6) is 0 Å². The molecule has 0 aromatic heterocycles. The van der Waals surface area contributed by atoms with Crippen molar-refractivity contribution < 1.29 is 9.53 Å². The second-order valence-electron chi connectivity index (χ2n) is 3.66. The van der Waals surface area contributed by atoms with Crippen molar-refractivity contribution in [2.24, 2.45) is 0 Å². The van der Waals surface area contributed by atoms with Gasteiger partial charge in [0, 0.05) is 10.2 Å². The van der Waals surface area contributed by atoms with E-state index >= 15 is 0 Å². The monoisotopic (exact) mass is 302 g/mol. The molecule has 1 rings (SSSR count). The predicted octanol–water partition coefficient (Wildman–Crippen LogP) is 3.63. The Hall–Kier alpha value is -0.480. The average molecular weight is 303 g/mol. The topological polar surface area (TPSA) is 26.3 Å². The van der Waals surface area contributed by atoms with Crippen molar-refractivity contribution in [1.29, 1.82) is 0 Å². The van der Waals surface area contributed by atoms with Crippen molar-refractivity contribution in [3.05, 3.63) is 34.3 Å². The van der Waals surface area contributed by atoms with Crippen LogP contribution >= 0.6 is 27.7 Å². The second kappa shape index (κ2) is 6.97. The maximum Gasteiger partial charge on any atom is 0.316 e. The maximum atomic E-state index is 11.2. The van der Waals surface area contributed by atoms with Crippen LogP contribution < -0.4 is 0 Å². The molecular formula is C12H15BrO2S. The lowest BCUT2D eigenvalue weighted by atomic mass is 10.2. The van der Waals surface area contributed by atoms with Gasteiger partial charge >= 0.3 is 5.97 Å². The van der Waals surface area contributed by atoms with E-state index in [4.69, 9.17) is 4.74 Å². The van der Waals surface area contributed by atoms with Gasteiger partial charge in [0.1, 0.15) is 0 Å². The minimum Gasteiger partial charge on any atom is -0.462 e. The third-order valence-electron chi connectivity index (χ3n) is 1.77. The van der Waals surface area contributed by atoms with E-state index in [1.165, 1.54) is 5.56 Å². The van der Waals surface area contributed by atoms with Crippen LogP contribution in [0, 0.1) is 0 Å². The van der Waals surface area contributed by atoms with Gasteiger partial charge in [0.15, 0.2) is 0 Å². The third-order valence-corrected chi connectivity index (χ3v) is 3.27. The number of esters is 1. The summed E-state index contributed by atoms with van der Waals surface area (Å²) in [6, 6.07) is 8.10. The standard InChI is InChI=1S/C12H15BrO2S/c1-9(2)15-12(14)8-16-7-10-3-5-11(13)6-4-10/h3-6,9H,7-8H2,1-2H3. The van der Waals surface area contributed by atoms with Gasteiger partial charge in [-0.05, 0) is 31.5 Å². The third kappa shape index (κ3) is 5.56. The van der Waals surface area contributed by atoms with Crippen LogP contribution in [0.4, 0.5) is 0 Å². The van der Waals surface area contributed by atoms with Gasteiger partial charge in [0.25, 0.3) is 0 Å². The number of carbonyl (C=O) groups excluding carboxylic acids is 1. The Bertz CT molecular complexity index is 335. The Labute approximate surface area is 109 Å². The highest BCUT2D eigenvalue weighted by molar-refractivity contribution is 9.10. The van der Waals surface area contributed by atoms with Gasteiger partial charge < -0.3 is 4.74 Å². The van der Waals surface area contributed by atoms with E-state index < -0.39 is 0 Å². The molecule has 0 heterocycles. The number of halogens is 1. The van der Waals surface area contributed by atoms with Gasteiger partial charge in [-0.25, -0.2) is 0 Å². The molecule has 16 heavy (non-hydrogen) atoms. The number of hydrogen-bond donors (Lipinski definition) is 0. The van der Waals surface area contributed by atoms with Gasteiger partial charge in [-0.15, -0.1) is 11.8 Å². The van der Waals surface area contributed by atoms with E-state index in [0.29, 0.717) is 5.75 Å². The molecule has 0 amide bonds. The Balaban J connectivity index is 2.25. The van der Waals surface area contributed by atoms with Crippen molar-refractivity contribution in [2.75, 3.05) is 5.75 Å². The van der Waals surface area contributed by atoms with Crippen molar-refractivity contribution in [2.45, 2.75) is 25.7 Å². The minimum absolute atomic E-state index is 0.0271. The highest BCUT2D eigenvalue weighted by Gasteiger charge is 2.05. The van der Waals surface area contributed by atoms with E-state index in [1.807, 2.05) is 38.1 Å². The van der Waals surface area contributed by atoms with Crippen molar-refractivity contribution in [3.63, 3.8) is 0 Å². The summed E-state index contributed by atoms with van der Waals surface area (Å²) < 4.78 is 6.11. The molecule has 0 saturated carbocycles. The molecule has 0 spiro atoms. The number of rotatable bonds is 5. The van der Waals surface area contributed by atoms with Gasteiger partial charge in [-0.2, -0.15) is 0 Å². The molecule has 0 unspecified atom stereocenters. The van der Waals surface area contributed by atoms with Crippen LogP contribution in [-0.4, -0.2) is 17.8 Å². The number of carbonyl (C=O) groups is 1. The van der Waals surface area contributed by atoms with E-state index in [2.05, 4.69) is 15.9 Å². The SMILES string of the molecule is CC(C)OC(=O)CSCc1ccc(Br)cc1. The zero-order valence-corrected chi connectivity index (χ0v) is 11.8. The lowest BCUT2D eigenvalue weighted by Gasteiger charge is -2.07. The molecule has 0 N–H and O–H groups in total. The second-order valence-corrected chi connectivity index (χ2v) is 5.56. The number of ether oxygens (including phenoxy) is 1. The normalized spacial score (nSPS) is 10.5. The molecule has 0 aliphatic heterocycles. The Kier molecular flexibility index (Phi) is 5.91. The first kappa shape index (κ1) is 13.6. The first-order chi connectivity index (χ1) is 7.58. The minimum atomic E-state index is -0.142. The molecular weight excluding hydrogens is 288 g/mol. The van der Waals surface area contributed by atoms with Gasteiger partial charge in [0.05, 0.1) is 11.9 Å². The molecule has 1 aromatic rings. The molecule has 4 heteroatoms. The van der Waals surface area contributed by atoms with Crippen LogP contribution in [0.2, 0.25) is 0 Å². The molecule has 0 saturated heterocycles. The maximum absolute atomic E-state index is 11.2. The summed E-state index contributed by atoms with van der Waals surface area (Å²) in [5.74, 6) is 1.10. The summed E-state index contributed by atoms with van der Waals surface area (Å²) in [6.45, 7) is 3.72. The van der Waals surface area contributed by atoms with Crippen LogP contribution in [0.15, 0.2) is 28.7 Å². The first-order valence-corrected chi connectivity index (χ1v) is 7.04. The van der Waals surface area contributed by atoms with Crippen LogP contribution in [-0.2, 0) is 15.3 Å². The summed E-state index contributed by atoms with van der Waals surface area (Å²) in [5, 5.41) is 0. The highest BCUT2D eigenvalue weighted by Crippen LogP contribution is 2.16. The molecule has 0 atom stereocenters. The summed E-state index contributed by atoms with van der Waals surface area (Å²) in [4.78, 5) is 11.2. The fourth-order valence-electron chi connectivity index (χ4n) is 1.13. The lowest BCUT2D eigenvalue weighted by molar-refractivity contribution is -0.144. The van der Waals surface area contributed by atoms with Crippen LogP contribution in [0.1, 0.15) is 19.4 Å². The Morgan fingerprint density at radius 1 is 1.38 bits per heavy atom. The number of benzene rings is 1. The van der Waals surface area contributed by atoms with Gasteiger partial charge in [-0.3, -0.25) is 4.79 Å². The van der Waals surface area contributed by atoms with Gasteiger partial charge in [0.2, 0.25) is 0 Å². The molecule has 0 aliphatic rings. The van der Waals surface area contributed by atoms with E-state index in [0.717, 1.165) is 10.2 Å². The predicted molar refractivity (Wildman–Crippen MR) is 71.5 cm³/mol. The number of thioether (sulfide) groups is 1.